The van der Waals surface area contributed by atoms with Crippen LogP contribution in [-0.4, -0.2) is 29.8 Å². The van der Waals surface area contributed by atoms with Gasteiger partial charge in [0.05, 0.1) is 19.0 Å². The lowest BCUT2D eigenvalue weighted by Crippen LogP contribution is -2.11. The van der Waals surface area contributed by atoms with Crippen LogP contribution in [0.4, 0.5) is 0 Å². The third-order valence-electron chi connectivity index (χ3n) is 1.48. The molecule has 1 heterocycles. The van der Waals surface area contributed by atoms with E-state index < -0.39 is 0 Å². The monoisotopic (exact) mass is 198 g/mol. The summed E-state index contributed by atoms with van der Waals surface area (Å²) in [5, 5.41) is 0. The van der Waals surface area contributed by atoms with Crippen LogP contribution in [0.1, 0.15) is 13.3 Å². The van der Waals surface area contributed by atoms with Gasteiger partial charge in [0.15, 0.2) is 0 Å². The average molecular weight is 198 g/mol. The van der Waals surface area contributed by atoms with Gasteiger partial charge in [-0.2, -0.15) is 0 Å². The zero-order valence-corrected chi connectivity index (χ0v) is 8.16. The smallest absolute Gasteiger partial charge is 0.254 e. The molecular weight excluding hydrogens is 184 g/mol. The zero-order chi connectivity index (χ0) is 10.2. The summed E-state index contributed by atoms with van der Waals surface area (Å²) in [4.78, 5) is 17.0. The lowest BCUT2D eigenvalue weighted by atomic mass is 10.5. The molecule has 0 aliphatic carbocycles. The van der Waals surface area contributed by atoms with E-state index in [1.165, 1.54) is 12.4 Å². The van der Waals surface area contributed by atoms with Crippen LogP contribution in [0.15, 0.2) is 17.2 Å². The maximum Gasteiger partial charge on any atom is 0.254 e. The van der Waals surface area contributed by atoms with Gasteiger partial charge >= 0.3 is 0 Å². The van der Waals surface area contributed by atoms with Gasteiger partial charge < -0.3 is 14.5 Å². The Morgan fingerprint density at radius 2 is 2.29 bits per heavy atom. The number of ether oxygens (including phenoxy) is 2. The van der Waals surface area contributed by atoms with Crippen LogP contribution >= 0.6 is 0 Å². The number of aromatic nitrogens is 2. The van der Waals surface area contributed by atoms with Crippen LogP contribution < -0.4 is 10.3 Å². The quantitative estimate of drug-likeness (QED) is 0.679. The Labute approximate surface area is 82.1 Å². The fourth-order valence-corrected chi connectivity index (χ4v) is 0.881. The van der Waals surface area contributed by atoms with Crippen LogP contribution in [-0.2, 0) is 4.74 Å². The van der Waals surface area contributed by atoms with Crippen LogP contribution in [0, 0.1) is 0 Å². The highest BCUT2D eigenvalue weighted by atomic mass is 16.5. The molecule has 0 aliphatic heterocycles. The molecule has 0 aromatic carbocycles. The summed E-state index contributed by atoms with van der Waals surface area (Å²) < 4.78 is 10.4. The fourth-order valence-electron chi connectivity index (χ4n) is 0.881. The number of hydrogen-bond acceptors (Lipinski definition) is 4. The van der Waals surface area contributed by atoms with E-state index in [0.29, 0.717) is 19.1 Å². The predicted octanol–water partition coefficient (Wildman–Crippen LogP) is 0.575. The number of nitrogens with zero attached hydrogens (tertiary/aromatic N) is 1. The highest BCUT2D eigenvalue weighted by molar-refractivity contribution is 5.04. The average Bonchev–Trinajstić information content (AvgIpc) is 2.18. The molecule has 0 aliphatic rings. The second-order valence-electron chi connectivity index (χ2n) is 2.71. The number of aromatic amines is 1. The van der Waals surface area contributed by atoms with Crippen molar-refractivity contribution in [2.75, 3.05) is 19.8 Å². The number of nitrogens with one attached hydrogen (secondary N) is 1. The van der Waals surface area contributed by atoms with Gasteiger partial charge in [-0.05, 0) is 6.42 Å². The molecule has 1 rings (SSSR count). The number of H-pyrrole nitrogens is 1. The maximum atomic E-state index is 10.8. The standard InChI is InChI=1S/C9H14N2O3/c1-2-3-13-4-5-14-9-6-8(12)10-7-11-9/h6-7H,2-5H2,1H3,(H,10,11,12). The predicted molar refractivity (Wildman–Crippen MR) is 51.5 cm³/mol. The Morgan fingerprint density at radius 3 is 3.00 bits per heavy atom. The van der Waals surface area contributed by atoms with Crippen molar-refractivity contribution < 1.29 is 9.47 Å². The molecule has 0 atom stereocenters. The molecule has 1 aromatic rings. The Hall–Kier alpha value is -1.36. The second kappa shape index (κ2) is 6.15. The summed E-state index contributed by atoms with van der Waals surface area (Å²) in [5.74, 6) is 0.328. The highest BCUT2D eigenvalue weighted by Crippen LogP contribution is 1.97. The molecule has 14 heavy (non-hydrogen) atoms. The first-order valence-electron chi connectivity index (χ1n) is 4.58. The van der Waals surface area contributed by atoms with E-state index in [-0.39, 0.29) is 5.56 Å². The van der Waals surface area contributed by atoms with Crippen LogP contribution in [0.5, 0.6) is 5.88 Å². The molecule has 5 nitrogen and oxygen atoms in total. The molecule has 0 bridgehead atoms. The van der Waals surface area contributed by atoms with Crippen LogP contribution in [0.3, 0.4) is 0 Å². The van der Waals surface area contributed by atoms with Gasteiger partial charge in [-0.15, -0.1) is 0 Å². The lowest BCUT2D eigenvalue weighted by Gasteiger charge is -2.04. The van der Waals surface area contributed by atoms with Crippen LogP contribution in [0.2, 0.25) is 0 Å². The van der Waals surface area contributed by atoms with E-state index in [9.17, 15) is 4.79 Å². The summed E-state index contributed by atoms with van der Waals surface area (Å²) in [7, 11) is 0. The molecule has 0 unspecified atom stereocenters. The molecule has 0 fully saturated rings. The van der Waals surface area contributed by atoms with Crippen molar-refractivity contribution >= 4 is 0 Å². The fraction of sp³-hybridized carbons (Fsp3) is 0.556. The van der Waals surface area contributed by atoms with Gasteiger partial charge in [0.1, 0.15) is 6.61 Å². The van der Waals surface area contributed by atoms with E-state index in [4.69, 9.17) is 9.47 Å². The van der Waals surface area contributed by atoms with Crippen molar-refractivity contribution in [1.29, 1.82) is 0 Å². The Morgan fingerprint density at radius 1 is 1.43 bits per heavy atom. The summed E-state index contributed by atoms with van der Waals surface area (Å²) in [5.41, 5.74) is -0.218. The molecular formula is C9H14N2O3. The third kappa shape index (κ3) is 4.04. The molecule has 1 N–H and O–H groups in total. The normalized spacial score (nSPS) is 10.1. The van der Waals surface area contributed by atoms with Crippen LogP contribution in [0.25, 0.3) is 0 Å². The third-order valence-corrected chi connectivity index (χ3v) is 1.48. The molecule has 0 radical (unpaired) electrons. The molecule has 0 saturated carbocycles. The van der Waals surface area contributed by atoms with Crippen molar-refractivity contribution in [2.45, 2.75) is 13.3 Å². The zero-order valence-electron chi connectivity index (χ0n) is 8.16. The lowest BCUT2D eigenvalue weighted by molar-refractivity contribution is 0.0989. The molecule has 5 heteroatoms. The molecule has 78 valence electrons. The molecule has 0 amide bonds. The first-order valence-corrected chi connectivity index (χ1v) is 4.58. The molecule has 1 aromatic heterocycles. The maximum absolute atomic E-state index is 10.8. The van der Waals surface area contributed by atoms with Crippen molar-refractivity contribution in [1.82, 2.24) is 9.97 Å². The summed E-state index contributed by atoms with van der Waals surface area (Å²) in [6.07, 6.45) is 2.30. The Kier molecular flexibility index (Phi) is 4.71. The van der Waals surface area contributed by atoms with Gasteiger partial charge in [-0.1, -0.05) is 6.92 Å². The van der Waals surface area contributed by atoms with E-state index in [1.54, 1.807) is 0 Å². The van der Waals surface area contributed by atoms with E-state index in [1.807, 2.05) is 6.92 Å². The van der Waals surface area contributed by atoms with Gasteiger partial charge in [0.25, 0.3) is 5.56 Å². The first kappa shape index (κ1) is 10.7. The number of hydrogen-bond donors (Lipinski definition) is 1. The van der Waals surface area contributed by atoms with E-state index in [0.717, 1.165) is 13.0 Å². The summed E-state index contributed by atoms with van der Waals surface area (Å²) in [6.45, 7) is 3.70. The van der Waals surface area contributed by atoms with Crippen molar-refractivity contribution in [2.24, 2.45) is 0 Å². The molecule has 0 saturated heterocycles. The van der Waals surface area contributed by atoms with Gasteiger partial charge in [0.2, 0.25) is 5.88 Å². The number of rotatable bonds is 6. The minimum absolute atomic E-state index is 0.218. The summed E-state index contributed by atoms with van der Waals surface area (Å²) >= 11 is 0. The minimum atomic E-state index is -0.218. The largest absolute Gasteiger partial charge is 0.475 e. The van der Waals surface area contributed by atoms with Crippen molar-refractivity contribution in [3.8, 4) is 5.88 Å². The SMILES string of the molecule is CCCOCCOc1cc(=O)[nH]cn1. The van der Waals surface area contributed by atoms with Gasteiger partial charge in [0, 0.05) is 6.61 Å². The highest BCUT2D eigenvalue weighted by Gasteiger charge is 1.95. The molecule has 0 spiro atoms. The van der Waals surface area contributed by atoms with Gasteiger partial charge in [-0.25, -0.2) is 4.98 Å². The Bertz CT molecular complexity index is 311. The summed E-state index contributed by atoms with van der Waals surface area (Å²) in [6, 6.07) is 1.31. The second-order valence-corrected chi connectivity index (χ2v) is 2.71. The Balaban J connectivity index is 2.21. The van der Waals surface area contributed by atoms with Crippen molar-refractivity contribution in [3.63, 3.8) is 0 Å². The van der Waals surface area contributed by atoms with E-state index in [2.05, 4.69) is 9.97 Å². The van der Waals surface area contributed by atoms with Crippen molar-refractivity contribution in [3.05, 3.63) is 22.7 Å². The topological polar surface area (TPSA) is 64.2 Å². The minimum Gasteiger partial charge on any atom is -0.475 e. The first-order chi connectivity index (χ1) is 6.83. The van der Waals surface area contributed by atoms with Gasteiger partial charge in [-0.3, -0.25) is 4.79 Å². The van der Waals surface area contributed by atoms with E-state index >= 15 is 0 Å².